The van der Waals surface area contributed by atoms with Crippen molar-refractivity contribution in [3.63, 3.8) is 0 Å². The van der Waals surface area contributed by atoms with Crippen LogP contribution in [0.1, 0.15) is 31.7 Å². The summed E-state index contributed by atoms with van der Waals surface area (Å²) in [6, 6.07) is 11.9. The Morgan fingerprint density at radius 3 is 2.68 bits per heavy atom. The van der Waals surface area contributed by atoms with Gasteiger partial charge in [0.25, 0.3) is 0 Å². The van der Waals surface area contributed by atoms with Crippen molar-refractivity contribution in [3.05, 3.63) is 66.2 Å². The number of hydrogen-bond acceptors (Lipinski definition) is 6. The molecule has 2 aromatic heterocycles. The first-order valence-electron chi connectivity index (χ1n) is 11.1. The summed E-state index contributed by atoms with van der Waals surface area (Å²) < 4.78 is 21.1. The normalized spacial score (nSPS) is 14.1. The van der Waals surface area contributed by atoms with Gasteiger partial charge in [0.05, 0.1) is 16.9 Å². The van der Waals surface area contributed by atoms with Crippen molar-refractivity contribution in [2.24, 2.45) is 5.41 Å². The van der Waals surface area contributed by atoms with Crippen LogP contribution in [0.2, 0.25) is 0 Å². The molecule has 1 aliphatic carbocycles. The number of hydrogen-bond donors (Lipinski definition) is 2. The first kappa shape index (κ1) is 21.8. The Balaban J connectivity index is 1.55. The van der Waals surface area contributed by atoms with Gasteiger partial charge in [-0.25, -0.2) is 19.3 Å². The topological polar surface area (TPSA) is 103 Å². The van der Waals surface area contributed by atoms with Gasteiger partial charge >= 0.3 is 0 Å². The van der Waals surface area contributed by atoms with Gasteiger partial charge in [0.15, 0.2) is 0 Å². The van der Waals surface area contributed by atoms with Crippen LogP contribution >= 0.6 is 0 Å². The number of ether oxygens (including phenoxy) is 1. The number of aryl methyl sites for hydroxylation is 1. The highest BCUT2D eigenvalue weighted by molar-refractivity contribution is 6.05. The highest BCUT2D eigenvalue weighted by atomic mass is 19.1. The lowest BCUT2D eigenvalue weighted by molar-refractivity contribution is -0.117. The van der Waals surface area contributed by atoms with Crippen LogP contribution < -0.4 is 15.8 Å². The zero-order valence-electron chi connectivity index (χ0n) is 18.9. The number of fused-ring (bicyclic) bond motifs is 1. The van der Waals surface area contributed by atoms with E-state index in [9.17, 15) is 9.18 Å². The fraction of sp³-hybridized carbons (Fsp3) is 0.231. The minimum atomic E-state index is -0.494. The average molecular weight is 458 g/mol. The lowest BCUT2D eigenvalue weighted by atomic mass is 10.0. The van der Waals surface area contributed by atoms with E-state index in [0.29, 0.717) is 40.1 Å². The van der Waals surface area contributed by atoms with E-state index in [0.717, 1.165) is 18.4 Å². The third kappa shape index (κ3) is 4.26. The van der Waals surface area contributed by atoms with Crippen LogP contribution in [0.25, 0.3) is 22.0 Å². The molecule has 172 valence electrons. The van der Waals surface area contributed by atoms with Crippen molar-refractivity contribution >= 4 is 28.3 Å². The summed E-state index contributed by atoms with van der Waals surface area (Å²) in [6.45, 7) is 3.96. The Labute approximate surface area is 196 Å². The molecule has 1 fully saturated rings. The number of rotatable bonds is 6. The van der Waals surface area contributed by atoms with Crippen molar-refractivity contribution in [1.29, 1.82) is 0 Å². The third-order valence-corrected chi connectivity index (χ3v) is 6.17. The van der Waals surface area contributed by atoms with E-state index in [1.807, 2.05) is 19.1 Å². The first-order valence-corrected chi connectivity index (χ1v) is 11.1. The van der Waals surface area contributed by atoms with Crippen LogP contribution in [0.4, 0.5) is 16.0 Å². The van der Waals surface area contributed by atoms with Crippen molar-refractivity contribution in [2.45, 2.75) is 33.1 Å². The molecule has 0 spiro atoms. The largest absolute Gasteiger partial charge is 0.437 e. The number of aromatic nitrogens is 3. The minimum Gasteiger partial charge on any atom is -0.437 e. The average Bonchev–Trinajstić information content (AvgIpc) is 3.54. The third-order valence-electron chi connectivity index (χ3n) is 6.17. The molecule has 0 radical (unpaired) electrons. The number of carbonyl (C=O) groups excluding carboxylic acids is 1. The molecule has 3 N–H and O–H groups in total. The number of nitrogens with one attached hydrogen (secondary N) is 1. The molecule has 0 bridgehead atoms. The van der Waals surface area contributed by atoms with Crippen molar-refractivity contribution in [2.75, 3.05) is 11.1 Å². The van der Waals surface area contributed by atoms with E-state index >= 15 is 0 Å². The smallest absolute Gasteiger partial charge is 0.228 e. The molecule has 0 saturated heterocycles. The number of pyridine rings is 1. The maximum atomic E-state index is 14.8. The van der Waals surface area contributed by atoms with E-state index in [-0.39, 0.29) is 23.0 Å². The summed E-state index contributed by atoms with van der Waals surface area (Å²) in [7, 11) is 0. The Kier molecular flexibility index (Phi) is 5.36. The number of amides is 1. The molecule has 4 aromatic rings. The van der Waals surface area contributed by atoms with Gasteiger partial charge in [0.1, 0.15) is 11.6 Å². The highest BCUT2D eigenvalue weighted by Gasteiger charge is 2.39. The standard InChI is InChI=1S/C26H24FN5O2/c1-15-5-6-16-17(7-8-19(27)22(16)32-21(33)14-26(2)10-11-26)23(15)34-24-18(4-3-12-29-24)20-9-13-30-25(28)31-20/h3-9,12-13H,10-11,14H2,1-2H3,(H,32,33)(H2,28,30,31). The molecule has 1 saturated carbocycles. The van der Waals surface area contributed by atoms with Gasteiger partial charge in [0, 0.05) is 29.6 Å². The summed E-state index contributed by atoms with van der Waals surface area (Å²) >= 11 is 0. The molecule has 2 aromatic carbocycles. The fourth-order valence-corrected chi connectivity index (χ4v) is 3.97. The van der Waals surface area contributed by atoms with Crippen LogP contribution in [0, 0.1) is 18.2 Å². The molecule has 34 heavy (non-hydrogen) atoms. The van der Waals surface area contributed by atoms with Gasteiger partial charge in [-0.3, -0.25) is 4.79 Å². The van der Waals surface area contributed by atoms with E-state index in [2.05, 4.69) is 27.2 Å². The van der Waals surface area contributed by atoms with Gasteiger partial charge in [0.2, 0.25) is 17.7 Å². The summed E-state index contributed by atoms with van der Waals surface area (Å²) in [4.78, 5) is 25.2. The highest BCUT2D eigenvalue weighted by Crippen LogP contribution is 2.48. The van der Waals surface area contributed by atoms with Gasteiger partial charge in [-0.2, -0.15) is 0 Å². The number of halogens is 1. The molecule has 0 aliphatic heterocycles. The van der Waals surface area contributed by atoms with E-state index < -0.39 is 5.82 Å². The quantitative estimate of drug-likeness (QED) is 0.388. The summed E-state index contributed by atoms with van der Waals surface area (Å²) in [6.07, 6.45) is 5.59. The van der Waals surface area contributed by atoms with Crippen LogP contribution in [0.15, 0.2) is 54.9 Å². The van der Waals surface area contributed by atoms with Gasteiger partial charge in [-0.1, -0.05) is 19.1 Å². The van der Waals surface area contributed by atoms with Gasteiger partial charge < -0.3 is 15.8 Å². The van der Waals surface area contributed by atoms with Crippen LogP contribution in [0.5, 0.6) is 11.6 Å². The van der Waals surface area contributed by atoms with Crippen molar-refractivity contribution < 1.29 is 13.9 Å². The molecular formula is C26H24FN5O2. The minimum absolute atomic E-state index is 0.0236. The van der Waals surface area contributed by atoms with Gasteiger partial charge in [-0.15, -0.1) is 0 Å². The molecule has 1 aliphatic rings. The summed E-state index contributed by atoms with van der Waals surface area (Å²) in [5, 5.41) is 4.00. The van der Waals surface area contributed by atoms with Crippen molar-refractivity contribution in [3.8, 4) is 22.9 Å². The predicted octanol–water partition coefficient (Wildman–Crippen LogP) is 5.64. The first-order chi connectivity index (χ1) is 16.3. The molecule has 0 unspecified atom stereocenters. The maximum Gasteiger partial charge on any atom is 0.228 e. The van der Waals surface area contributed by atoms with Crippen LogP contribution in [-0.4, -0.2) is 20.9 Å². The molecule has 7 nitrogen and oxygen atoms in total. The second-order valence-electron chi connectivity index (χ2n) is 9.02. The lowest BCUT2D eigenvalue weighted by Crippen LogP contribution is -2.16. The Morgan fingerprint density at radius 2 is 1.91 bits per heavy atom. The second kappa shape index (κ2) is 8.37. The molecule has 1 amide bonds. The van der Waals surface area contributed by atoms with E-state index in [1.54, 1.807) is 36.7 Å². The molecular weight excluding hydrogens is 433 g/mol. The summed E-state index contributed by atoms with van der Waals surface area (Å²) in [5.41, 5.74) is 7.98. The molecule has 5 rings (SSSR count). The fourth-order valence-electron chi connectivity index (χ4n) is 3.97. The van der Waals surface area contributed by atoms with Crippen LogP contribution in [0.3, 0.4) is 0 Å². The number of anilines is 2. The monoisotopic (exact) mass is 457 g/mol. The van der Waals surface area contributed by atoms with Gasteiger partial charge in [-0.05, 0) is 61.1 Å². The second-order valence-corrected chi connectivity index (χ2v) is 9.02. The number of nitrogens with zero attached hydrogens (tertiary/aromatic N) is 3. The van der Waals surface area contributed by atoms with Crippen molar-refractivity contribution in [1.82, 2.24) is 15.0 Å². The van der Waals surface area contributed by atoms with Crippen LogP contribution in [-0.2, 0) is 4.79 Å². The number of carbonyl (C=O) groups is 1. The zero-order chi connectivity index (χ0) is 23.9. The molecule has 2 heterocycles. The molecule has 0 atom stereocenters. The number of nitrogen functional groups attached to an aromatic ring is 1. The Hall–Kier alpha value is -4.07. The Bertz CT molecular complexity index is 1420. The number of benzene rings is 2. The lowest BCUT2D eigenvalue weighted by Gasteiger charge is -2.17. The predicted molar refractivity (Wildman–Crippen MR) is 129 cm³/mol. The Morgan fingerprint density at radius 1 is 1.12 bits per heavy atom. The number of nitrogens with two attached hydrogens (primary N) is 1. The van der Waals surface area contributed by atoms with E-state index in [1.165, 1.54) is 6.07 Å². The zero-order valence-corrected chi connectivity index (χ0v) is 18.9. The maximum absolute atomic E-state index is 14.8. The van der Waals surface area contributed by atoms with E-state index in [4.69, 9.17) is 10.5 Å². The summed E-state index contributed by atoms with van der Waals surface area (Å²) in [5.74, 6) is 0.302. The molecule has 8 heteroatoms. The SMILES string of the molecule is Cc1ccc2c(NC(=O)CC3(C)CC3)c(F)ccc2c1Oc1ncccc1-c1ccnc(N)n1.